The number of aromatic nitrogens is 1. The van der Waals surface area contributed by atoms with E-state index in [1.807, 2.05) is 6.92 Å². The summed E-state index contributed by atoms with van der Waals surface area (Å²) >= 11 is 6.83. The number of hydrogen-bond donors (Lipinski definition) is 1. The molecule has 0 radical (unpaired) electrons. The van der Waals surface area contributed by atoms with Crippen LogP contribution in [0.2, 0.25) is 0 Å². The van der Waals surface area contributed by atoms with E-state index in [1.165, 1.54) is 18.4 Å². The summed E-state index contributed by atoms with van der Waals surface area (Å²) in [5.41, 5.74) is 1.46. The van der Waals surface area contributed by atoms with Crippen molar-refractivity contribution in [2.24, 2.45) is 0 Å². The molecule has 1 heterocycles. The summed E-state index contributed by atoms with van der Waals surface area (Å²) in [6.45, 7) is 1.81. The van der Waals surface area contributed by atoms with Crippen LogP contribution in [0.5, 0.6) is 5.75 Å². The normalized spacial score (nSPS) is 11.3. The summed E-state index contributed by atoms with van der Waals surface area (Å²) in [6, 6.07) is 4.96. The van der Waals surface area contributed by atoms with Crippen LogP contribution >= 0.6 is 22.9 Å². The molecule has 0 saturated heterocycles. The van der Waals surface area contributed by atoms with E-state index in [2.05, 4.69) is 9.71 Å². The summed E-state index contributed by atoms with van der Waals surface area (Å²) in [5, 5.41) is 1.99. The second-order valence-corrected chi connectivity index (χ2v) is 6.81. The minimum absolute atomic E-state index is 0.0858. The van der Waals surface area contributed by atoms with Gasteiger partial charge in [0.1, 0.15) is 10.6 Å². The van der Waals surface area contributed by atoms with Crippen molar-refractivity contribution in [2.75, 3.05) is 11.8 Å². The van der Waals surface area contributed by atoms with Crippen LogP contribution in [-0.2, 0) is 15.9 Å². The quantitative estimate of drug-likeness (QED) is 0.855. The molecule has 0 aliphatic carbocycles. The molecule has 108 valence electrons. The van der Waals surface area contributed by atoms with Crippen molar-refractivity contribution in [2.45, 2.75) is 17.7 Å². The van der Waals surface area contributed by atoms with Crippen molar-refractivity contribution < 1.29 is 13.2 Å². The van der Waals surface area contributed by atoms with Gasteiger partial charge in [-0.05, 0) is 24.6 Å². The number of alkyl halides is 1. The van der Waals surface area contributed by atoms with E-state index in [0.717, 1.165) is 5.56 Å². The molecule has 0 aliphatic heterocycles. The topological polar surface area (TPSA) is 68.3 Å². The molecule has 8 heteroatoms. The summed E-state index contributed by atoms with van der Waals surface area (Å²) in [5.74, 6) is 0.531. The van der Waals surface area contributed by atoms with Crippen molar-refractivity contribution >= 4 is 38.1 Å². The van der Waals surface area contributed by atoms with Crippen LogP contribution in [0.4, 0.5) is 5.13 Å². The average molecular weight is 333 g/mol. The maximum Gasteiger partial charge on any atom is 0.267 e. The van der Waals surface area contributed by atoms with Gasteiger partial charge in [-0.15, -0.1) is 22.9 Å². The van der Waals surface area contributed by atoms with Gasteiger partial charge in [0.25, 0.3) is 10.0 Å². The molecule has 1 aromatic heterocycles. The Hall–Kier alpha value is -1.31. The average Bonchev–Trinajstić information content (AvgIpc) is 2.85. The minimum atomic E-state index is -3.74. The highest BCUT2D eigenvalue weighted by Gasteiger charge is 2.21. The molecule has 2 rings (SSSR count). The fourth-order valence-corrected chi connectivity index (χ4v) is 4.03. The molecular weight excluding hydrogens is 320 g/mol. The number of nitrogens with one attached hydrogen (secondary N) is 1. The van der Waals surface area contributed by atoms with Crippen molar-refractivity contribution in [3.63, 3.8) is 0 Å². The number of anilines is 1. The molecule has 0 atom stereocenters. The predicted octanol–water partition coefficient (Wildman–Crippen LogP) is 3.00. The SMILES string of the molecule is COc1ccc(C)cc1S(=O)(=O)Nc1nc(CCl)cs1. The largest absolute Gasteiger partial charge is 0.495 e. The smallest absolute Gasteiger partial charge is 0.267 e. The zero-order valence-electron chi connectivity index (χ0n) is 10.9. The molecule has 20 heavy (non-hydrogen) atoms. The number of rotatable bonds is 5. The number of methoxy groups -OCH3 is 1. The van der Waals surface area contributed by atoms with E-state index in [-0.39, 0.29) is 21.7 Å². The van der Waals surface area contributed by atoms with Crippen LogP contribution in [0.15, 0.2) is 28.5 Å². The second-order valence-electron chi connectivity index (χ2n) is 4.04. The van der Waals surface area contributed by atoms with Crippen LogP contribution in [0.25, 0.3) is 0 Å². The Morgan fingerprint density at radius 2 is 2.20 bits per heavy atom. The van der Waals surface area contributed by atoms with E-state index >= 15 is 0 Å². The van der Waals surface area contributed by atoms with Gasteiger partial charge < -0.3 is 4.74 Å². The summed E-state index contributed by atoms with van der Waals surface area (Å²) < 4.78 is 32.3. The van der Waals surface area contributed by atoms with Crippen molar-refractivity contribution in [3.8, 4) is 5.75 Å². The summed E-state index contributed by atoms with van der Waals surface area (Å²) in [6.07, 6.45) is 0. The van der Waals surface area contributed by atoms with Gasteiger partial charge in [0.2, 0.25) is 0 Å². The van der Waals surface area contributed by atoms with Crippen LogP contribution in [-0.4, -0.2) is 20.5 Å². The molecule has 0 aliphatic rings. The fourth-order valence-electron chi connectivity index (χ4n) is 1.58. The third-order valence-corrected chi connectivity index (χ3v) is 5.09. The standard InChI is InChI=1S/C12H13ClN2O3S2/c1-8-3-4-10(18-2)11(5-8)20(16,17)15-12-14-9(6-13)7-19-12/h3-5,7H,6H2,1-2H3,(H,14,15). The highest BCUT2D eigenvalue weighted by Crippen LogP contribution is 2.27. The molecule has 0 saturated carbocycles. The summed E-state index contributed by atoms with van der Waals surface area (Å²) in [7, 11) is -2.31. The second kappa shape index (κ2) is 5.99. The molecule has 1 aromatic carbocycles. The Kier molecular flexibility index (Phi) is 4.52. The third kappa shape index (κ3) is 3.23. The predicted molar refractivity (Wildman–Crippen MR) is 80.2 cm³/mol. The van der Waals surface area contributed by atoms with Gasteiger partial charge in [-0.25, -0.2) is 13.4 Å². The molecule has 2 aromatic rings. The van der Waals surface area contributed by atoms with Crippen LogP contribution in [0.1, 0.15) is 11.3 Å². The number of hydrogen-bond acceptors (Lipinski definition) is 5. The lowest BCUT2D eigenvalue weighted by Gasteiger charge is -2.10. The number of sulfonamides is 1. The highest BCUT2D eigenvalue weighted by atomic mass is 35.5. The Labute approximate surface area is 126 Å². The first-order valence-corrected chi connectivity index (χ1v) is 8.54. The Morgan fingerprint density at radius 1 is 1.45 bits per heavy atom. The summed E-state index contributed by atoms with van der Waals surface area (Å²) in [4.78, 5) is 4.16. The van der Waals surface area contributed by atoms with Gasteiger partial charge in [-0.1, -0.05) is 6.07 Å². The van der Waals surface area contributed by atoms with E-state index in [4.69, 9.17) is 16.3 Å². The third-order valence-electron chi connectivity index (χ3n) is 2.52. The zero-order chi connectivity index (χ0) is 14.8. The van der Waals surface area contributed by atoms with Crippen LogP contribution in [0, 0.1) is 6.92 Å². The van der Waals surface area contributed by atoms with Gasteiger partial charge in [-0.3, -0.25) is 4.72 Å². The number of ether oxygens (including phenoxy) is 1. The van der Waals surface area contributed by atoms with Gasteiger partial charge in [0, 0.05) is 5.38 Å². The molecule has 0 fully saturated rings. The number of thiazole rings is 1. The van der Waals surface area contributed by atoms with E-state index in [1.54, 1.807) is 23.6 Å². The molecule has 5 nitrogen and oxygen atoms in total. The van der Waals surface area contributed by atoms with Crippen molar-refractivity contribution in [3.05, 3.63) is 34.8 Å². The zero-order valence-corrected chi connectivity index (χ0v) is 13.3. The van der Waals surface area contributed by atoms with E-state index in [9.17, 15) is 8.42 Å². The lowest BCUT2D eigenvalue weighted by Crippen LogP contribution is -2.14. The molecular formula is C12H13ClN2O3S2. The van der Waals surface area contributed by atoms with Crippen molar-refractivity contribution in [1.29, 1.82) is 0 Å². The van der Waals surface area contributed by atoms with E-state index in [0.29, 0.717) is 5.69 Å². The minimum Gasteiger partial charge on any atom is -0.495 e. The van der Waals surface area contributed by atoms with E-state index < -0.39 is 10.0 Å². The first-order valence-electron chi connectivity index (χ1n) is 5.64. The Morgan fingerprint density at radius 3 is 2.80 bits per heavy atom. The Bertz CT molecular complexity index is 713. The fraction of sp³-hybridized carbons (Fsp3) is 0.250. The molecule has 1 N–H and O–H groups in total. The first-order chi connectivity index (χ1) is 9.46. The number of halogens is 1. The van der Waals surface area contributed by atoms with Crippen LogP contribution in [0.3, 0.4) is 0 Å². The Balaban J connectivity index is 2.37. The number of benzene rings is 1. The van der Waals surface area contributed by atoms with Gasteiger partial charge in [0.15, 0.2) is 5.13 Å². The lowest BCUT2D eigenvalue weighted by atomic mass is 10.2. The molecule has 0 bridgehead atoms. The van der Waals surface area contributed by atoms with Crippen molar-refractivity contribution in [1.82, 2.24) is 4.98 Å². The number of nitrogens with zero attached hydrogens (tertiary/aromatic N) is 1. The monoisotopic (exact) mass is 332 g/mol. The van der Waals surface area contributed by atoms with Gasteiger partial charge >= 0.3 is 0 Å². The molecule has 0 amide bonds. The van der Waals surface area contributed by atoms with Crippen LogP contribution < -0.4 is 9.46 Å². The lowest BCUT2D eigenvalue weighted by molar-refractivity contribution is 0.402. The maximum absolute atomic E-state index is 12.4. The van der Waals surface area contributed by atoms with Gasteiger partial charge in [-0.2, -0.15) is 0 Å². The molecule has 0 unspecified atom stereocenters. The maximum atomic E-state index is 12.4. The number of aryl methyl sites for hydroxylation is 1. The highest BCUT2D eigenvalue weighted by molar-refractivity contribution is 7.93. The molecule has 0 spiro atoms. The van der Waals surface area contributed by atoms with Gasteiger partial charge in [0.05, 0.1) is 18.7 Å². The first kappa shape index (κ1) is 15.1.